The lowest BCUT2D eigenvalue weighted by atomic mass is 10.0. The molecule has 1 atom stereocenters. The molecular weight excluding hydrogens is 401 g/mol. The fraction of sp³-hybridized carbons (Fsp3) is 0.529. The molecule has 27 heavy (non-hydrogen) atoms. The summed E-state index contributed by atoms with van der Waals surface area (Å²) in [5, 5.41) is 11.3. The number of alkyl halides is 3. The molecule has 2 aromatic rings. The number of thioether (sulfide) groups is 1. The molecule has 1 amide bonds. The summed E-state index contributed by atoms with van der Waals surface area (Å²) in [6.45, 7) is 4.65. The van der Waals surface area contributed by atoms with Crippen molar-refractivity contribution in [2.24, 2.45) is 5.92 Å². The first-order chi connectivity index (χ1) is 12.3. The van der Waals surface area contributed by atoms with Crippen LogP contribution in [0.4, 0.5) is 13.2 Å². The highest BCUT2D eigenvalue weighted by molar-refractivity contribution is 8.00. The number of rotatable bonds is 6. The van der Waals surface area contributed by atoms with Gasteiger partial charge in [0.15, 0.2) is 0 Å². The highest BCUT2D eigenvalue weighted by Crippen LogP contribution is 2.29. The largest absolute Gasteiger partial charge is 0.441 e. The molecule has 0 aliphatic carbocycles. The van der Waals surface area contributed by atoms with Crippen molar-refractivity contribution in [3.63, 3.8) is 0 Å². The molecule has 1 aliphatic heterocycles. The standard InChI is InChI=1S/C17H21F3N4OS.ClH/c1-11-13(16(25)22-6-7-26-17(18,19)20)2-3-15-14(11)10-24(23-15)9-12-4-5-21-8-12;/h2-3,10,12,21H,4-9H2,1H3,(H,22,25);1H/t12-;/m1./s1. The monoisotopic (exact) mass is 422 g/mol. The second-order valence-electron chi connectivity index (χ2n) is 6.43. The third-order valence-corrected chi connectivity index (χ3v) is 5.25. The minimum atomic E-state index is -4.27. The van der Waals surface area contributed by atoms with Crippen molar-refractivity contribution in [3.05, 3.63) is 29.5 Å². The zero-order valence-corrected chi connectivity index (χ0v) is 16.4. The molecule has 1 aromatic carbocycles. The zero-order chi connectivity index (χ0) is 18.7. The lowest BCUT2D eigenvalue weighted by Crippen LogP contribution is -2.27. The maximum absolute atomic E-state index is 12.3. The fourth-order valence-electron chi connectivity index (χ4n) is 3.18. The number of benzene rings is 1. The molecule has 1 fully saturated rings. The Labute approximate surface area is 165 Å². The minimum absolute atomic E-state index is 0. The van der Waals surface area contributed by atoms with Crippen molar-refractivity contribution in [2.75, 3.05) is 25.4 Å². The maximum Gasteiger partial charge on any atom is 0.441 e. The predicted molar refractivity (Wildman–Crippen MR) is 104 cm³/mol. The summed E-state index contributed by atoms with van der Waals surface area (Å²) in [5.74, 6) is -0.0115. The van der Waals surface area contributed by atoms with Crippen LogP contribution in [0.25, 0.3) is 10.9 Å². The number of carbonyl (C=O) groups is 1. The van der Waals surface area contributed by atoms with Gasteiger partial charge in [0.05, 0.1) is 5.52 Å². The summed E-state index contributed by atoms with van der Waals surface area (Å²) in [6.07, 6.45) is 3.07. The smallest absolute Gasteiger partial charge is 0.351 e. The number of fused-ring (bicyclic) bond motifs is 1. The fourth-order valence-corrected chi connectivity index (χ4v) is 3.62. The van der Waals surface area contributed by atoms with Crippen molar-refractivity contribution >= 4 is 41.0 Å². The highest BCUT2D eigenvalue weighted by atomic mass is 35.5. The third kappa shape index (κ3) is 5.76. The van der Waals surface area contributed by atoms with E-state index in [1.807, 2.05) is 17.8 Å². The van der Waals surface area contributed by atoms with Crippen LogP contribution >= 0.6 is 24.2 Å². The Balaban J connectivity index is 0.00000261. The number of nitrogens with one attached hydrogen (secondary N) is 2. The molecule has 0 unspecified atom stereocenters. The van der Waals surface area contributed by atoms with Crippen LogP contribution in [0.3, 0.4) is 0 Å². The molecule has 2 heterocycles. The van der Waals surface area contributed by atoms with E-state index in [1.54, 1.807) is 12.1 Å². The molecule has 1 saturated heterocycles. The van der Waals surface area contributed by atoms with Crippen LogP contribution in [0, 0.1) is 12.8 Å². The molecule has 1 aromatic heterocycles. The van der Waals surface area contributed by atoms with Crippen molar-refractivity contribution in [1.29, 1.82) is 0 Å². The van der Waals surface area contributed by atoms with Gasteiger partial charge in [-0.15, -0.1) is 12.4 Å². The van der Waals surface area contributed by atoms with Gasteiger partial charge in [0.2, 0.25) is 0 Å². The Morgan fingerprint density at radius 1 is 1.44 bits per heavy atom. The van der Waals surface area contributed by atoms with Gasteiger partial charge in [0.25, 0.3) is 5.91 Å². The Morgan fingerprint density at radius 2 is 2.22 bits per heavy atom. The number of carbonyl (C=O) groups excluding carboxylic acids is 1. The summed E-state index contributed by atoms with van der Waals surface area (Å²) >= 11 is -0.137. The van der Waals surface area contributed by atoms with Gasteiger partial charge in [-0.1, -0.05) is 0 Å². The van der Waals surface area contributed by atoms with Gasteiger partial charge in [-0.25, -0.2) is 0 Å². The molecule has 1 aliphatic rings. The van der Waals surface area contributed by atoms with E-state index >= 15 is 0 Å². The van der Waals surface area contributed by atoms with Crippen LogP contribution < -0.4 is 10.6 Å². The maximum atomic E-state index is 12.3. The van der Waals surface area contributed by atoms with Crippen LogP contribution in [0.2, 0.25) is 0 Å². The minimum Gasteiger partial charge on any atom is -0.351 e. The number of halogens is 4. The quantitative estimate of drug-likeness (QED) is 0.701. The van der Waals surface area contributed by atoms with Crippen LogP contribution in [0.5, 0.6) is 0 Å². The topological polar surface area (TPSA) is 59.0 Å². The van der Waals surface area contributed by atoms with Crippen molar-refractivity contribution in [1.82, 2.24) is 20.4 Å². The second-order valence-corrected chi connectivity index (χ2v) is 7.59. The van der Waals surface area contributed by atoms with E-state index in [1.165, 1.54) is 0 Å². The van der Waals surface area contributed by atoms with Gasteiger partial charge < -0.3 is 10.6 Å². The average molecular weight is 423 g/mol. The average Bonchev–Trinajstić information content (AvgIpc) is 3.21. The number of hydrogen-bond donors (Lipinski definition) is 2. The number of nitrogens with zero attached hydrogens (tertiary/aromatic N) is 2. The number of amides is 1. The Kier molecular flexibility index (Phi) is 7.41. The van der Waals surface area contributed by atoms with E-state index in [4.69, 9.17) is 0 Å². The zero-order valence-electron chi connectivity index (χ0n) is 14.8. The van der Waals surface area contributed by atoms with Gasteiger partial charge in [0.1, 0.15) is 0 Å². The Morgan fingerprint density at radius 3 is 2.89 bits per heavy atom. The van der Waals surface area contributed by atoms with Gasteiger partial charge in [-0.3, -0.25) is 9.48 Å². The number of aryl methyl sites for hydroxylation is 1. The SMILES string of the molecule is Cc1c(C(=O)NCCSC(F)(F)F)ccc2nn(C[C@@H]3CCNC3)cc12.Cl. The first kappa shape index (κ1) is 21.8. The van der Waals surface area contributed by atoms with E-state index < -0.39 is 5.51 Å². The van der Waals surface area contributed by atoms with Crippen molar-refractivity contribution < 1.29 is 18.0 Å². The highest BCUT2D eigenvalue weighted by Gasteiger charge is 2.27. The number of hydrogen-bond acceptors (Lipinski definition) is 4. The van der Waals surface area contributed by atoms with Crippen LogP contribution in [-0.2, 0) is 6.54 Å². The molecule has 0 bridgehead atoms. The molecule has 3 rings (SSSR count). The molecule has 2 N–H and O–H groups in total. The molecule has 0 radical (unpaired) electrons. The lowest BCUT2D eigenvalue weighted by molar-refractivity contribution is -0.0327. The van der Waals surface area contributed by atoms with E-state index in [0.29, 0.717) is 11.5 Å². The molecule has 5 nitrogen and oxygen atoms in total. The predicted octanol–water partition coefficient (Wildman–Crippen LogP) is 3.36. The van der Waals surface area contributed by atoms with Gasteiger partial charge in [-0.2, -0.15) is 18.3 Å². The normalized spacial score (nSPS) is 17.1. The summed E-state index contributed by atoms with van der Waals surface area (Å²) in [4.78, 5) is 12.3. The third-order valence-electron chi connectivity index (χ3n) is 4.51. The Bertz CT molecular complexity index is 790. The van der Waals surface area contributed by atoms with E-state index in [9.17, 15) is 18.0 Å². The molecule has 0 spiro atoms. The summed E-state index contributed by atoms with van der Waals surface area (Å²) in [7, 11) is 0. The van der Waals surface area contributed by atoms with Crippen molar-refractivity contribution in [2.45, 2.75) is 25.4 Å². The summed E-state index contributed by atoms with van der Waals surface area (Å²) in [5.41, 5.74) is -2.20. The van der Waals surface area contributed by atoms with Crippen LogP contribution in [-0.4, -0.2) is 46.6 Å². The number of aromatic nitrogens is 2. The van der Waals surface area contributed by atoms with Gasteiger partial charge in [0, 0.05) is 36.0 Å². The molecular formula is C17H22ClF3N4OS. The molecule has 10 heteroatoms. The molecule has 150 valence electrons. The Hall–Kier alpha value is -1.45. The van der Waals surface area contributed by atoms with Crippen LogP contribution in [0.15, 0.2) is 18.3 Å². The van der Waals surface area contributed by atoms with Crippen LogP contribution in [0.1, 0.15) is 22.3 Å². The summed E-state index contributed by atoms with van der Waals surface area (Å²) in [6, 6.07) is 3.46. The van der Waals surface area contributed by atoms with Crippen molar-refractivity contribution in [3.8, 4) is 0 Å². The molecule has 0 saturated carbocycles. The van der Waals surface area contributed by atoms with E-state index in [2.05, 4.69) is 15.7 Å². The van der Waals surface area contributed by atoms with E-state index in [-0.39, 0.29) is 42.4 Å². The van der Waals surface area contributed by atoms with Gasteiger partial charge in [-0.05, 0) is 61.8 Å². The van der Waals surface area contributed by atoms with E-state index in [0.717, 1.165) is 42.5 Å². The first-order valence-corrected chi connectivity index (χ1v) is 9.48. The first-order valence-electron chi connectivity index (χ1n) is 8.50. The summed E-state index contributed by atoms with van der Waals surface area (Å²) < 4.78 is 38.3. The van der Waals surface area contributed by atoms with Gasteiger partial charge >= 0.3 is 5.51 Å². The lowest BCUT2D eigenvalue weighted by Gasteiger charge is -2.09. The second kappa shape index (κ2) is 9.16.